The predicted molar refractivity (Wildman–Crippen MR) is 82.6 cm³/mol. The normalized spacial score (nSPS) is 16.4. The Hall–Kier alpha value is -2.49. The molecule has 1 heterocycles. The molecule has 3 rings (SSSR count). The number of para-hydroxylation sites is 2. The van der Waals surface area contributed by atoms with E-state index in [4.69, 9.17) is 4.74 Å². The molecule has 2 amide bonds. The topological polar surface area (TPSA) is 41.6 Å². The number of carbonyl (C=O) groups excluding carboxylic acids is 1. The summed E-state index contributed by atoms with van der Waals surface area (Å²) < 4.78 is 5.50. The molecule has 0 saturated carbocycles. The van der Waals surface area contributed by atoms with Gasteiger partial charge in [0.1, 0.15) is 5.75 Å². The standard InChI is InChI=1S/C17H18N2O2/c1-13-11-14-7-5-6-10-16(14)19(13)17(20)18-12-21-15-8-3-2-4-9-15/h2-10,13H,11-12H2,1H3,(H,18,20). The van der Waals surface area contributed by atoms with Crippen molar-refractivity contribution in [3.05, 3.63) is 60.2 Å². The summed E-state index contributed by atoms with van der Waals surface area (Å²) >= 11 is 0. The molecule has 1 unspecified atom stereocenters. The van der Waals surface area contributed by atoms with Crippen molar-refractivity contribution in [1.29, 1.82) is 0 Å². The number of hydrogen-bond donors (Lipinski definition) is 1. The van der Waals surface area contributed by atoms with E-state index in [1.165, 1.54) is 5.56 Å². The largest absolute Gasteiger partial charge is 0.473 e. The van der Waals surface area contributed by atoms with Gasteiger partial charge in [0, 0.05) is 11.7 Å². The summed E-state index contributed by atoms with van der Waals surface area (Å²) in [5, 5.41) is 2.81. The van der Waals surface area contributed by atoms with Crippen molar-refractivity contribution in [3.8, 4) is 5.75 Å². The van der Waals surface area contributed by atoms with Crippen LogP contribution < -0.4 is 15.0 Å². The molecule has 1 aliphatic heterocycles. The SMILES string of the molecule is CC1Cc2ccccc2N1C(=O)NCOc1ccccc1. The van der Waals surface area contributed by atoms with E-state index in [0.29, 0.717) is 0 Å². The molecule has 0 aliphatic carbocycles. The molecule has 21 heavy (non-hydrogen) atoms. The zero-order valence-corrected chi connectivity index (χ0v) is 12.0. The molecular weight excluding hydrogens is 264 g/mol. The molecule has 0 aromatic heterocycles. The van der Waals surface area contributed by atoms with Crippen LogP contribution in [0.15, 0.2) is 54.6 Å². The van der Waals surface area contributed by atoms with E-state index in [-0.39, 0.29) is 18.8 Å². The van der Waals surface area contributed by atoms with Crippen molar-refractivity contribution in [2.24, 2.45) is 0 Å². The number of carbonyl (C=O) groups is 1. The van der Waals surface area contributed by atoms with Gasteiger partial charge in [-0.2, -0.15) is 0 Å². The number of fused-ring (bicyclic) bond motifs is 1. The Morgan fingerprint density at radius 2 is 1.90 bits per heavy atom. The van der Waals surface area contributed by atoms with Gasteiger partial charge in [0.15, 0.2) is 6.73 Å². The lowest BCUT2D eigenvalue weighted by Gasteiger charge is -2.23. The first kappa shape index (κ1) is 13.5. The molecule has 0 fully saturated rings. The van der Waals surface area contributed by atoms with Crippen LogP contribution in [0, 0.1) is 0 Å². The van der Waals surface area contributed by atoms with Crippen LogP contribution in [0.1, 0.15) is 12.5 Å². The Labute approximate surface area is 124 Å². The van der Waals surface area contributed by atoms with Crippen molar-refractivity contribution in [2.75, 3.05) is 11.6 Å². The van der Waals surface area contributed by atoms with E-state index >= 15 is 0 Å². The highest BCUT2D eigenvalue weighted by Crippen LogP contribution is 2.31. The van der Waals surface area contributed by atoms with Crippen molar-refractivity contribution in [2.45, 2.75) is 19.4 Å². The minimum absolute atomic E-state index is 0.122. The van der Waals surface area contributed by atoms with Crippen LogP contribution in [0.25, 0.3) is 0 Å². The van der Waals surface area contributed by atoms with Gasteiger partial charge in [-0.3, -0.25) is 4.90 Å². The van der Waals surface area contributed by atoms with E-state index in [1.54, 1.807) is 4.90 Å². The van der Waals surface area contributed by atoms with Gasteiger partial charge < -0.3 is 10.1 Å². The number of urea groups is 1. The fourth-order valence-electron chi connectivity index (χ4n) is 2.66. The Morgan fingerprint density at radius 1 is 1.19 bits per heavy atom. The minimum Gasteiger partial charge on any atom is -0.473 e. The van der Waals surface area contributed by atoms with E-state index < -0.39 is 0 Å². The molecule has 1 aliphatic rings. The van der Waals surface area contributed by atoms with E-state index in [2.05, 4.69) is 18.3 Å². The molecule has 4 nitrogen and oxygen atoms in total. The van der Waals surface area contributed by atoms with Gasteiger partial charge in [0.05, 0.1) is 0 Å². The number of benzene rings is 2. The third-order valence-corrected chi connectivity index (χ3v) is 3.63. The second-order valence-corrected chi connectivity index (χ2v) is 5.14. The highest BCUT2D eigenvalue weighted by atomic mass is 16.5. The van der Waals surface area contributed by atoms with Gasteiger partial charge >= 0.3 is 6.03 Å². The summed E-state index contributed by atoms with van der Waals surface area (Å²) in [4.78, 5) is 14.1. The Balaban J connectivity index is 1.61. The summed E-state index contributed by atoms with van der Waals surface area (Å²) in [6.45, 7) is 2.21. The zero-order valence-electron chi connectivity index (χ0n) is 12.0. The quantitative estimate of drug-likeness (QED) is 0.878. The predicted octanol–water partition coefficient (Wildman–Crippen LogP) is 3.18. The average Bonchev–Trinajstić information content (AvgIpc) is 2.84. The summed E-state index contributed by atoms with van der Waals surface area (Å²) in [5.41, 5.74) is 2.20. The summed E-state index contributed by atoms with van der Waals surface area (Å²) in [6, 6.07) is 17.5. The zero-order chi connectivity index (χ0) is 14.7. The lowest BCUT2D eigenvalue weighted by Crippen LogP contribution is -2.44. The van der Waals surface area contributed by atoms with Crippen LogP contribution >= 0.6 is 0 Å². The van der Waals surface area contributed by atoms with Gasteiger partial charge in [0.2, 0.25) is 0 Å². The Bertz CT molecular complexity index is 628. The summed E-state index contributed by atoms with van der Waals surface area (Å²) in [6.07, 6.45) is 0.892. The monoisotopic (exact) mass is 282 g/mol. The maximum Gasteiger partial charge on any atom is 0.324 e. The molecule has 0 spiro atoms. The molecule has 108 valence electrons. The molecular formula is C17H18N2O2. The number of nitrogens with one attached hydrogen (secondary N) is 1. The van der Waals surface area contributed by atoms with E-state index in [9.17, 15) is 4.79 Å². The molecule has 1 N–H and O–H groups in total. The van der Waals surface area contributed by atoms with Crippen LogP contribution in [0.2, 0.25) is 0 Å². The van der Waals surface area contributed by atoms with Gasteiger partial charge in [-0.15, -0.1) is 0 Å². The number of rotatable bonds is 3. The molecule has 2 aromatic rings. The highest BCUT2D eigenvalue weighted by Gasteiger charge is 2.30. The lowest BCUT2D eigenvalue weighted by molar-refractivity contribution is 0.228. The minimum atomic E-state index is -0.122. The Morgan fingerprint density at radius 3 is 2.71 bits per heavy atom. The lowest BCUT2D eigenvalue weighted by atomic mass is 10.1. The van der Waals surface area contributed by atoms with Crippen molar-refractivity contribution in [3.63, 3.8) is 0 Å². The number of nitrogens with zero attached hydrogens (tertiary/aromatic N) is 1. The molecule has 2 aromatic carbocycles. The van der Waals surface area contributed by atoms with Gasteiger partial charge in [-0.1, -0.05) is 36.4 Å². The molecule has 0 radical (unpaired) electrons. The van der Waals surface area contributed by atoms with Crippen LogP contribution in [0.4, 0.5) is 10.5 Å². The van der Waals surface area contributed by atoms with Crippen molar-refractivity contribution < 1.29 is 9.53 Å². The number of anilines is 1. The van der Waals surface area contributed by atoms with Gasteiger partial charge in [-0.05, 0) is 37.1 Å². The van der Waals surface area contributed by atoms with Crippen molar-refractivity contribution in [1.82, 2.24) is 5.32 Å². The van der Waals surface area contributed by atoms with E-state index in [1.807, 2.05) is 48.5 Å². The Kier molecular flexibility index (Phi) is 3.77. The third kappa shape index (κ3) is 2.84. The fraction of sp³-hybridized carbons (Fsp3) is 0.235. The third-order valence-electron chi connectivity index (χ3n) is 3.63. The fourth-order valence-corrected chi connectivity index (χ4v) is 2.66. The van der Waals surface area contributed by atoms with Crippen molar-refractivity contribution >= 4 is 11.7 Å². The second kappa shape index (κ2) is 5.87. The van der Waals surface area contributed by atoms with Crippen LogP contribution in [-0.4, -0.2) is 18.8 Å². The smallest absolute Gasteiger partial charge is 0.324 e. The first-order valence-corrected chi connectivity index (χ1v) is 7.08. The van der Waals surface area contributed by atoms with Gasteiger partial charge in [-0.25, -0.2) is 4.79 Å². The second-order valence-electron chi connectivity index (χ2n) is 5.14. The molecule has 1 atom stereocenters. The van der Waals surface area contributed by atoms with Crippen LogP contribution in [-0.2, 0) is 6.42 Å². The number of hydrogen-bond acceptors (Lipinski definition) is 2. The molecule has 0 bridgehead atoms. The average molecular weight is 282 g/mol. The first-order valence-electron chi connectivity index (χ1n) is 7.08. The molecule has 4 heteroatoms. The first-order chi connectivity index (χ1) is 10.3. The van der Waals surface area contributed by atoms with E-state index in [0.717, 1.165) is 17.9 Å². The maximum absolute atomic E-state index is 12.3. The summed E-state index contributed by atoms with van der Waals surface area (Å²) in [5.74, 6) is 0.743. The van der Waals surface area contributed by atoms with Crippen LogP contribution in [0.3, 0.4) is 0 Å². The maximum atomic E-state index is 12.3. The number of ether oxygens (including phenoxy) is 1. The highest BCUT2D eigenvalue weighted by molar-refractivity contribution is 5.94. The van der Waals surface area contributed by atoms with Gasteiger partial charge in [0.25, 0.3) is 0 Å². The van der Waals surface area contributed by atoms with Crippen LogP contribution in [0.5, 0.6) is 5.75 Å². The number of amides is 2. The summed E-state index contributed by atoms with van der Waals surface area (Å²) in [7, 11) is 0. The molecule has 0 saturated heterocycles.